The number of amides is 2. The highest BCUT2D eigenvalue weighted by molar-refractivity contribution is 6.30. The van der Waals surface area contributed by atoms with Crippen molar-refractivity contribution in [1.82, 2.24) is 15.1 Å². The van der Waals surface area contributed by atoms with E-state index in [1.54, 1.807) is 30.5 Å². The Morgan fingerprint density at radius 2 is 2.00 bits per heavy atom. The third kappa shape index (κ3) is 5.09. The van der Waals surface area contributed by atoms with Crippen LogP contribution in [0.2, 0.25) is 5.15 Å². The second-order valence-electron chi connectivity index (χ2n) is 6.96. The van der Waals surface area contributed by atoms with Gasteiger partial charge in [-0.1, -0.05) is 55.4 Å². The number of carbonyl (C=O) groups excluding carboxylic acids is 1. The van der Waals surface area contributed by atoms with Crippen LogP contribution in [-0.4, -0.2) is 21.2 Å². The van der Waals surface area contributed by atoms with E-state index in [0.29, 0.717) is 33.5 Å². The van der Waals surface area contributed by atoms with E-state index in [1.807, 2.05) is 26.8 Å². The molecule has 0 saturated heterocycles. The van der Waals surface area contributed by atoms with Crippen molar-refractivity contribution in [2.45, 2.75) is 26.2 Å². The van der Waals surface area contributed by atoms with Gasteiger partial charge in [0, 0.05) is 28.9 Å². The molecule has 0 saturated carbocycles. The fraction of sp³-hybridized carbons (Fsp3) is 0.200. The Labute approximate surface area is 167 Å². The van der Waals surface area contributed by atoms with Crippen LogP contribution in [0.25, 0.3) is 0 Å². The second-order valence-corrected chi connectivity index (χ2v) is 7.32. The number of anilines is 2. The molecule has 0 radical (unpaired) electrons. The zero-order valence-corrected chi connectivity index (χ0v) is 16.3. The number of rotatable bonds is 2. The van der Waals surface area contributed by atoms with Crippen molar-refractivity contribution in [2.75, 3.05) is 10.6 Å². The lowest BCUT2D eigenvalue weighted by Gasteiger charge is -2.12. The lowest BCUT2D eigenvalue weighted by atomic mass is 9.93. The van der Waals surface area contributed by atoms with Gasteiger partial charge in [-0.15, -0.1) is 0 Å². The summed E-state index contributed by atoms with van der Waals surface area (Å²) in [5.74, 6) is 6.91. The van der Waals surface area contributed by atoms with Crippen molar-refractivity contribution in [3.8, 4) is 11.8 Å². The summed E-state index contributed by atoms with van der Waals surface area (Å²) in [6.45, 7) is 6.00. The molecule has 0 aliphatic heterocycles. The molecule has 8 heteroatoms. The molecule has 0 fully saturated rings. The number of carbonyl (C=O) groups is 1. The minimum absolute atomic E-state index is 0.191. The van der Waals surface area contributed by atoms with Crippen LogP contribution >= 0.6 is 11.6 Å². The molecule has 0 spiro atoms. The smallest absolute Gasteiger partial charge is 0.324 e. The first-order chi connectivity index (χ1) is 13.3. The third-order valence-corrected chi connectivity index (χ3v) is 3.92. The van der Waals surface area contributed by atoms with Crippen molar-refractivity contribution in [3.05, 3.63) is 64.9 Å². The van der Waals surface area contributed by atoms with Gasteiger partial charge in [-0.05, 0) is 18.2 Å². The summed E-state index contributed by atoms with van der Waals surface area (Å²) in [7, 11) is 0. The van der Waals surface area contributed by atoms with Gasteiger partial charge in [-0.25, -0.2) is 14.8 Å². The van der Waals surface area contributed by atoms with Gasteiger partial charge in [-0.2, -0.15) is 0 Å². The predicted molar refractivity (Wildman–Crippen MR) is 107 cm³/mol. The second kappa shape index (κ2) is 8.11. The largest absolute Gasteiger partial charge is 0.359 e. The molecule has 2 heterocycles. The van der Waals surface area contributed by atoms with E-state index >= 15 is 0 Å². The molecule has 0 bridgehead atoms. The molecule has 1 aromatic carbocycles. The molecule has 7 nitrogen and oxygen atoms in total. The molecular weight excluding hydrogens is 378 g/mol. The molecule has 3 rings (SSSR count). The Balaban J connectivity index is 1.67. The highest BCUT2D eigenvalue weighted by Crippen LogP contribution is 2.24. The first kappa shape index (κ1) is 19.4. The third-order valence-electron chi connectivity index (χ3n) is 3.62. The van der Waals surface area contributed by atoms with Crippen LogP contribution in [0.4, 0.5) is 16.3 Å². The van der Waals surface area contributed by atoms with E-state index in [-0.39, 0.29) is 5.41 Å². The maximum absolute atomic E-state index is 12.2. The molecule has 0 atom stereocenters. The van der Waals surface area contributed by atoms with Crippen LogP contribution < -0.4 is 10.6 Å². The van der Waals surface area contributed by atoms with Gasteiger partial charge < -0.3 is 9.84 Å². The van der Waals surface area contributed by atoms with Gasteiger partial charge in [-0.3, -0.25) is 5.32 Å². The SMILES string of the molecule is CC(C)(C)c1cc(NC(=O)Nc2cccc(C#Cc3cncnc3Cl)c2)no1. The number of urea groups is 1. The number of halogens is 1. The normalized spacial score (nSPS) is 10.7. The molecule has 0 aliphatic rings. The summed E-state index contributed by atoms with van der Waals surface area (Å²) in [6.07, 6.45) is 2.90. The Hall–Kier alpha value is -3.37. The fourth-order valence-corrected chi connectivity index (χ4v) is 2.32. The Kier molecular flexibility index (Phi) is 5.62. The number of aromatic nitrogens is 3. The van der Waals surface area contributed by atoms with E-state index in [2.05, 4.69) is 37.6 Å². The molecule has 2 aromatic heterocycles. The average molecular weight is 396 g/mol. The molecule has 0 unspecified atom stereocenters. The van der Waals surface area contributed by atoms with E-state index in [4.69, 9.17) is 16.1 Å². The highest BCUT2D eigenvalue weighted by atomic mass is 35.5. The lowest BCUT2D eigenvalue weighted by Crippen LogP contribution is -2.19. The number of benzene rings is 1. The molecule has 0 aliphatic carbocycles. The van der Waals surface area contributed by atoms with Crippen LogP contribution in [0.5, 0.6) is 0 Å². The minimum Gasteiger partial charge on any atom is -0.359 e. The topological polar surface area (TPSA) is 92.9 Å². The molecule has 2 amide bonds. The van der Waals surface area contributed by atoms with Crippen LogP contribution in [-0.2, 0) is 5.41 Å². The maximum Gasteiger partial charge on any atom is 0.324 e. The minimum atomic E-state index is -0.432. The van der Waals surface area contributed by atoms with Crippen molar-refractivity contribution in [3.63, 3.8) is 0 Å². The van der Waals surface area contributed by atoms with Crippen LogP contribution in [0.3, 0.4) is 0 Å². The maximum atomic E-state index is 12.2. The van der Waals surface area contributed by atoms with Crippen molar-refractivity contribution >= 4 is 29.1 Å². The standard InChI is InChI=1S/C20H18ClN5O2/c1-20(2,3)16-10-17(26-28-16)25-19(27)24-15-6-4-5-13(9-15)7-8-14-11-22-12-23-18(14)21/h4-6,9-12H,1-3H3,(H2,24,25,26,27). The summed E-state index contributed by atoms with van der Waals surface area (Å²) in [6, 6.07) is 8.38. The zero-order chi connectivity index (χ0) is 20.1. The molecule has 2 N–H and O–H groups in total. The first-order valence-corrected chi connectivity index (χ1v) is 8.82. The molecule has 142 valence electrons. The van der Waals surface area contributed by atoms with Crippen LogP contribution in [0.1, 0.15) is 37.7 Å². The van der Waals surface area contributed by atoms with Crippen molar-refractivity contribution in [1.29, 1.82) is 0 Å². The van der Waals surface area contributed by atoms with Gasteiger partial charge >= 0.3 is 6.03 Å². The monoisotopic (exact) mass is 395 g/mol. The highest BCUT2D eigenvalue weighted by Gasteiger charge is 2.20. The Morgan fingerprint density at radius 3 is 2.71 bits per heavy atom. The molecule has 3 aromatic rings. The number of nitrogens with zero attached hydrogens (tertiary/aromatic N) is 3. The Bertz CT molecular complexity index is 1060. The van der Waals surface area contributed by atoms with Crippen molar-refractivity contribution < 1.29 is 9.32 Å². The fourth-order valence-electron chi connectivity index (χ4n) is 2.18. The van der Waals surface area contributed by atoms with Crippen molar-refractivity contribution in [2.24, 2.45) is 0 Å². The summed E-state index contributed by atoms with van der Waals surface area (Å²) in [5, 5.41) is 9.53. The van der Waals surface area contributed by atoms with Crippen LogP contribution in [0.15, 0.2) is 47.4 Å². The summed E-state index contributed by atoms with van der Waals surface area (Å²) in [5.41, 5.74) is 1.62. The van der Waals surface area contributed by atoms with E-state index in [1.165, 1.54) is 6.33 Å². The van der Waals surface area contributed by atoms with Gasteiger partial charge in [0.05, 0.1) is 5.56 Å². The van der Waals surface area contributed by atoms with Gasteiger partial charge in [0.1, 0.15) is 17.2 Å². The molecule has 28 heavy (non-hydrogen) atoms. The van der Waals surface area contributed by atoms with Gasteiger partial charge in [0.2, 0.25) is 0 Å². The van der Waals surface area contributed by atoms with E-state index < -0.39 is 6.03 Å². The number of nitrogens with one attached hydrogen (secondary N) is 2. The van der Waals surface area contributed by atoms with Gasteiger partial charge in [0.15, 0.2) is 5.82 Å². The molecular formula is C20H18ClN5O2. The zero-order valence-electron chi connectivity index (χ0n) is 15.6. The quantitative estimate of drug-likeness (QED) is 0.493. The summed E-state index contributed by atoms with van der Waals surface area (Å²) < 4.78 is 5.25. The number of hydrogen-bond donors (Lipinski definition) is 2. The number of hydrogen-bond acceptors (Lipinski definition) is 5. The summed E-state index contributed by atoms with van der Waals surface area (Å²) >= 11 is 5.96. The Morgan fingerprint density at radius 1 is 1.18 bits per heavy atom. The predicted octanol–water partition coefficient (Wildman–Crippen LogP) is 4.46. The summed E-state index contributed by atoms with van der Waals surface area (Å²) in [4.78, 5) is 20.0. The van der Waals surface area contributed by atoms with Gasteiger partial charge in [0.25, 0.3) is 0 Å². The average Bonchev–Trinajstić information content (AvgIpc) is 3.10. The van der Waals surface area contributed by atoms with E-state index in [9.17, 15) is 4.79 Å². The first-order valence-electron chi connectivity index (χ1n) is 8.44. The lowest BCUT2D eigenvalue weighted by molar-refractivity contribution is 0.262. The van der Waals surface area contributed by atoms with Crippen LogP contribution in [0, 0.1) is 11.8 Å². The van der Waals surface area contributed by atoms with E-state index in [0.717, 1.165) is 0 Å².